The van der Waals surface area contributed by atoms with Crippen LogP contribution in [0.15, 0.2) is 49.9 Å². The zero-order chi connectivity index (χ0) is 18.6. The van der Waals surface area contributed by atoms with E-state index in [9.17, 15) is 0 Å². The highest BCUT2D eigenvalue weighted by Crippen LogP contribution is 2.31. The van der Waals surface area contributed by atoms with Gasteiger partial charge in [0.15, 0.2) is 5.82 Å². The molecule has 0 aliphatic rings. The van der Waals surface area contributed by atoms with Crippen LogP contribution in [0, 0.1) is 0 Å². The minimum absolute atomic E-state index is 0.377. The standard InChI is InChI=1S/C17H14N4O4S2/c1-22-11-6-10(7-12(8-11)23-2)15-19-20-17(24-15)27-9-14-18-16(25-21-14)13-4-3-5-26-13/h3-8H,9H2,1-2H3. The number of rotatable bonds is 7. The third-order valence-corrected chi connectivity index (χ3v) is 5.20. The van der Waals surface area contributed by atoms with E-state index in [0.717, 1.165) is 4.88 Å². The first-order chi connectivity index (χ1) is 13.2. The number of aromatic nitrogens is 4. The Bertz CT molecular complexity index is 1010. The molecule has 10 heteroatoms. The predicted molar refractivity (Wildman–Crippen MR) is 100 cm³/mol. The lowest BCUT2D eigenvalue weighted by molar-refractivity contribution is 0.394. The molecule has 0 radical (unpaired) electrons. The molecular weight excluding hydrogens is 388 g/mol. The smallest absolute Gasteiger partial charge is 0.277 e. The Balaban J connectivity index is 1.46. The Hall–Kier alpha value is -2.85. The molecule has 8 nitrogen and oxygen atoms in total. The first-order valence-electron chi connectivity index (χ1n) is 7.81. The van der Waals surface area contributed by atoms with E-state index in [1.165, 1.54) is 11.8 Å². The summed E-state index contributed by atoms with van der Waals surface area (Å²) in [4.78, 5) is 5.30. The normalized spacial score (nSPS) is 10.9. The van der Waals surface area contributed by atoms with Crippen molar-refractivity contribution in [3.63, 3.8) is 0 Å². The molecule has 4 aromatic rings. The Morgan fingerprint density at radius 1 is 1.07 bits per heavy atom. The maximum Gasteiger partial charge on any atom is 0.277 e. The molecular formula is C17H14N4O4S2. The summed E-state index contributed by atoms with van der Waals surface area (Å²) in [5, 5.41) is 14.5. The third-order valence-electron chi connectivity index (χ3n) is 3.53. The maximum atomic E-state index is 5.71. The molecule has 0 amide bonds. The van der Waals surface area contributed by atoms with Gasteiger partial charge in [0.25, 0.3) is 11.1 Å². The molecule has 0 fully saturated rings. The van der Waals surface area contributed by atoms with E-state index in [2.05, 4.69) is 20.3 Å². The number of benzene rings is 1. The Morgan fingerprint density at radius 2 is 1.89 bits per heavy atom. The van der Waals surface area contributed by atoms with E-state index < -0.39 is 0 Å². The van der Waals surface area contributed by atoms with E-state index in [0.29, 0.717) is 45.6 Å². The number of ether oxygens (including phenoxy) is 2. The summed E-state index contributed by atoms with van der Waals surface area (Å²) < 4.78 is 21.5. The molecule has 3 aromatic heterocycles. The number of thioether (sulfide) groups is 1. The van der Waals surface area contributed by atoms with Crippen molar-refractivity contribution in [3.8, 4) is 33.7 Å². The third kappa shape index (κ3) is 3.96. The van der Waals surface area contributed by atoms with Gasteiger partial charge < -0.3 is 18.4 Å². The molecule has 0 N–H and O–H groups in total. The van der Waals surface area contributed by atoms with E-state index >= 15 is 0 Å². The molecule has 0 aliphatic carbocycles. The van der Waals surface area contributed by atoms with E-state index in [1.807, 2.05) is 17.5 Å². The molecule has 1 aromatic carbocycles. The van der Waals surface area contributed by atoms with Crippen LogP contribution in [-0.4, -0.2) is 34.6 Å². The Morgan fingerprint density at radius 3 is 2.59 bits per heavy atom. The summed E-state index contributed by atoms with van der Waals surface area (Å²) in [5.74, 6) is 3.19. The average Bonchev–Trinajstić information content (AvgIpc) is 3.46. The van der Waals surface area contributed by atoms with Crippen LogP contribution in [0.2, 0.25) is 0 Å². The van der Waals surface area contributed by atoms with Gasteiger partial charge in [-0.2, -0.15) is 4.98 Å². The number of methoxy groups -OCH3 is 2. The van der Waals surface area contributed by atoms with Gasteiger partial charge in [-0.25, -0.2) is 0 Å². The van der Waals surface area contributed by atoms with Crippen LogP contribution >= 0.6 is 23.1 Å². The van der Waals surface area contributed by atoms with Gasteiger partial charge in [-0.15, -0.1) is 21.5 Å². The van der Waals surface area contributed by atoms with Crippen molar-refractivity contribution in [2.75, 3.05) is 14.2 Å². The molecule has 4 rings (SSSR count). The van der Waals surface area contributed by atoms with E-state index in [4.69, 9.17) is 18.4 Å². The van der Waals surface area contributed by atoms with Gasteiger partial charge >= 0.3 is 0 Å². The second kappa shape index (κ2) is 7.80. The molecule has 0 spiro atoms. The van der Waals surface area contributed by atoms with Crippen molar-refractivity contribution in [1.29, 1.82) is 0 Å². The summed E-state index contributed by atoms with van der Waals surface area (Å²) >= 11 is 2.88. The van der Waals surface area contributed by atoms with Crippen LogP contribution in [-0.2, 0) is 5.75 Å². The predicted octanol–water partition coefficient (Wildman–Crippen LogP) is 4.16. The molecule has 0 bridgehead atoms. The zero-order valence-electron chi connectivity index (χ0n) is 14.4. The highest BCUT2D eigenvalue weighted by molar-refractivity contribution is 7.98. The molecule has 27 heavy (non-hydrogen) atoms. The minimum atomic E-state index is 0.377. The van der Waals surface area contributed by atoms with Gasteiger partial charge in [-0.05, 0) is 23.6 Å². The number of nitrogens with zero attached hydrogens (tertiary/aromatic N) is 4. The van der Waals surface area contributed by atoms with Crippen LogP contribution in [0.3, 0.4) is 0 Å². The second-order valence-corrected chi connectivity index (χ2v) is 7.13. The van der Waals surface area contributed by atoms with Gasteiger partial charge in [0, 0.05) is 11.6 Å². The van der Waals surface area contributed by atoms with Gasteiger partial charge in [0.2, 0.25) is 5.89 Å². The Kier molecular flexibility index (Phi) is 5.07. The fourth-order valence-corrected chi connectivity index (χ4v) is 3.51. The highest BCUT2D eigenvalue weighted by Gasteiger charge is 2.14. The summed E-state index contributed by atoms with van der Waals surface area (Å²) in [5.41, 5.74) is 0.713. The molecule has 0 saturated heterocycles. The quantitative estimate of drug-likeness (QED) is 0.422. The maximum absolute atomic E-state index is 5.71. The summed E-state index contributed by atoms with van der Waals surface area (Å²) in [6.07, 6.45) is 0. The van der Waals surface area contributed by atoms with E-state index in [-0.39, 0.29) is 0 Å². The molecule has 3 heterocycles. The van der Waals surface area contributed by atoms with Crippen molar-refractivity contribution in [2.45, 2.75) is 11.0 Å². The molecule has 0 aliphatic heterocycles. The first kappa shape index (κ1) is 17.6. The van der Waals surface area contributed by atoms with Crippen LogP contribution in [0.25, 0.3) is 22.2 Å². The number of thiophene rings is 1. The fourth-order valence-electron chi connectivity index (χ4n) is 2.25. The van der Waals surface area contributed by atoms with Crippen molar-refractivity contribution >= 4 is 23.1 Å². The van der Waals surface area contributed by atoms with Gasteiger partial charge in [0.1, 0.15) is 11.5 Å². The lowest BCUT2D eigenvalue weighted by Gasteiger charge is -2.05. The second-order valence-electron chi connectivity index (χ2n) is 5.26. The topological polar surface area (TPSA) is 96.3 Å². The molecule has 0 atom stereocenters. The van der Waals surface area contributed by atoms with Gasteiger partial charge in [-0.3, -0.25) is 0 Å². The lowest BCUT2D eigenvalue weighted by Crippen LogP contribution is -1.88. The van der Waals surface area contributed by atoms with Crippen LogP contribution in [0.4, 0.5) is 0 Å². The van der Waals surface area contributed by atoms with Crippen molar-refractivity contribution in [2.24, 2.45) is 0 Å². The number of hydrogen-bond acceptors (Lipinski definition) is 10. The first-order valence-corrected chi connectivity index (χ1v) is 9.68. The number of hydrogen-bond donors (Lipinski definition) is 0. The zero-order valence-corrected chi connectivity index (χ0v) is 16.0. The monoisotopic (exact) mass is 402 g/mol. The fraction of sp³-hybridized carbons (Fsp3) is 0.176. The highest BCUT2D eigenvalue weighted by atomic mass is 32.2. The van der Waals surface area contributed by atoms with Crippen LogP contribution < -0.4 is 9.47 Å². The van der Waals surface area contributed by atoms with Crippen LogP contribution in [0.5, 0.6) is 11.5 Å². The lowest BCUT2D eigenvalue weighted by atomic mass is 10.2. The van der Waals surface area contributed by atoms with Crippen molar-refractivity contribution < 1.29 is 18.4 Å². The SMILES string of the molecule is COc1cc(OC)cc(-c2nnc(SCc3noc(-c4cccs4)n3)o2)c1. The van der Waals surface area contributed by atoms with Crippen molar-refractivity contribution in [3.05, 3.63) is 41.5 Å². The van der Waals surface area contributed by atoms with Crippen LogP contribution in [0.1, 0.15) is 5.82 Å². The molecule has 138 valence electrons. The summed E-state index contributed by atoms with van der Waals surface area (Å²) in [6.45, 7) is 0. The van der Waals surface area contributed by atoms with E-state index in [1.54, 1.807) is 43.8 Å². The summed E-state index contributed by atoms with van der Waals surface area (Å²) in [7, 11) is 3.17. The average molecular weight is 402 g/mol. The minimum Gasteiger partial charge on any atom is -0.497 e. The molecule has 0 saturated carbocycles. The van der Waals surface area contributed by atoms with Crippen molar-refractivity contribution in [1.82, 2.24) is 20.3 Å². The van der Waals surface area contributed by atoms with Gasteiger partial charge in [0.05, 0.1) is 24.8 Å². The summed E-state index contributed by atoms with van der Waals surface area (Å²) in [6, 6.07) is 9.25. The van der Waals surface area contributed by atoms with Gasteiger partial charge in [-0.1, -0.05) is 23.0 Å². The largest absolute Gasteiger partial charge is 0.497 e. The Labute approximate surface area is 162 Å². The molecule has 0 unspecified atom stereocenters.